The van der Waals surface area contributed by atoms with Crippen LogP contribution >= 0.6 is 15.9 Å². The lowest BCUT2D eigenvalue weighted by molar-refractivity contribution is -0.116. The number of carbonyl (C=O) groups is 2. The highest BCUT2D eigenvalue weighted by Crippen LogP contribution is 2.27. The van der Waals surface area contributed by atoms with Gasteiger partial charge in [0.15, 0.2) is 11.6 Å². The van der Waals surface area contributed by atoms with Crippen molar-refractivity contribution in [1.29, 1.82) is 0 Å². The summed E-state index contributed by atoms with van der Waals surface area (Å²) in [6.45, 7) is 5.53. The van der Waals surface area contributed by atoms with Gasteiger partial charge in [0.1, 0.15) is 5.75 Å². The van der Waals surface area contributed by atoms with E-state index in [9.17, 15) is 9.59 Å². The summed E-state index contributed by atoms with van der Waals surface area (Å²) in [5.74, 6) is 0.472. The number of ether oxygens (including phenoxy) is 1. The molecule has 4 heteroatoms. The molecule has 0 amide bonds. The van der Waals surface area contributed by atoms with Gasteiger partial charge in [-0.3, -0.25) is 9.59 Å². The Morgan fingerprint density at radius 3 is 2.67 bits per heavy atom. The van der Waals surface area contributed by atoms with Crippen LogP contribution in [0.5, 0.6) is 5.75 Å². The number of halogens is 1. The molecule has 0 heterocycles. The van der Waals surface area contributed by atoms with Crippen molar-refractivity contribution in [3.8, 4) is 5.75 Å². The van der Waals surface area contributed by atoms with Crippen molar-refractivity contribution >= 4 is 27.5 Å². The highest BCUT2D eigenvalue weighted by Gasteiger charge is 2.20. The monoisotopic (exact) mass is 386 g/mol. The Morgan fingerprint density at radius 2 is 2.00 bits per heavy atom. The Kier molecular flexibility index (Phi) is 6.10. The molecule has 0 radical (unpaired) electrons. The van der Waals surface area contributed by atoms with Gasteiger partial charge in [0.2, 0.25) is 0 Å². The topological polar surface area (TPSA) is 43.4 Å². The van der Waals surface area contributed by atoms with E-state index in [4.69, 9.17) is 4.74 Å². The summed E-state index contributed by atoms with van der Waals surface area (Å²) in [4.78, 5) is 25.1. The number of methoxy groups -OCH3 is 1. The summed E-state index contributed by atoms with van der Waals surface area (Å²) in [7, 11) is 1.60. The van der Waals surface area contributed by atoms with Gasteiger partial charge in [-0.25, -0.2) is 0 Å². The van der Waals surface area contributed by atoms with Crippen molar-refractivity contribution in [2.24, 2.45) is 0 Å². The first-order valence-corrected chi connectivity index (χ1v) is 8.35. The fraction of sp³-hybridized carbons (Fsp3) is 0.200. The quantitative estimate of drug-likeness (QED) is 0.716. The highest BCUT2D eigenvalue weighted by molar-refractivity contribution is 9.10. The van der Waals surface area contributed by atoms with Gasteiger partial charge in [0.25, 0.3) is 0 Å². The van der Waals surface area contributed by atoms with E-state index in [0.29, 0.717) is 23.1 Å². The third-order valence-electron chi connectivity index (χ3n) is 3.91. The van der Waals surface area contributed by atoms with Gasteiger partial charge in [0.05, 0.1) is 7.11 Å². The first kappa shape index (κ1) is 18.1. The molecule has 0 unspecified atom stereocenters. The predicted molar refractivity (Wildman–Crippen MR) is 99.1 cm³/mol. The molecular formula is C20H19BrO3. The molecule has 0 spiro atoms. The second-order valence-corrected chi connectivity index (χ2v) is 6.36. The average Bonchev–Trinajstić information content (AvgIpc) is 2.58. The van der Waals surface area contributed by atoms with E-state index in [0.717, 1.165) is 15.8 Å². The molecule has 0 saturated heterocycles. The molecule has 1 aliphatic carbocycles. The van der Waals surface area contributed by atoms with Gasteiger partial charge in [-0.2, -0.15) is 0 Å². The van der Waals surface area contributed by atoms with Gasteiger partial charge in [-0.1, -0.05) is 52.9 Å². The summed E-state index contributed by atoms with van der Waals surface area (Å²) in [5.41, 5.74) is 2.25. The fourth-order valence-electron chi connectivity index (χ4n) is 2.39. The number of hydrogen-bond acceptors (Lipinski definition) is 3. The smallest absolute Gasteiger partial charge is 0.189 e. The molecule has 0 aliphatic heterocycles. The SMILES string of the molecule is C=C1/C=C\C=C/CC(=O)/C(C)=C(/Cc2ccc(OC)cc2Br)C1=O. The van der Waals surface area contributed by atoms with Crippen LogP contribution in [0.1, 0.15) is 18.9 Å². The van der Waals surface area contributed by atoms with Crippen molar-refractivity contribution in [3.63, 3.8) is 0 Å². The van der Waals surface area contributed by atoms with Crippen LogP contribution in [0.2, 0.25) is 0 Å². The molecular weight excluding hydrogens is 368 g/mol. The molecule has 0 N–H and O–H groups in total. The van der Waals surface area contributed by atoms with Crippen LogP contribution < -0.4 is 4.74 Å². The lowest BCUT2D eigenvalue weighted by atomic mass is 9.90. The van der Waals surface area contributed by atoms with Crippen LogP contribution in [0.4, 0.5) is 0 Å². The molecule has 0 saturated carbocycles. The number of ketones is 2. The van der Waals surface area contributed by atoms with E-state index in [-0.39, 0.29) is 18.0 Å². The maximum absolute atomic E-state index is 12.7. The molecule has 0 aromatic heterocycles. The highest BCUT2D eigenvalue weighted by atomic mass is 79.9. The number of Topliss-reactive ketones (excluding diaryl/α,β-unsaturated/α-hetero) is 2. The van der Waals surface area contributed by atoms with Gasteiger partial charge in [-0.15, -0.1) is 0 Å². The second kappa shape index (κ2) is 8.06. The lowest BCUT2D eigenvalue weighted by Crippen LogP contribution is -2.14. The zero-order chi connectivity index (χ0) is 17.7. The number of benzene rings is 1. The predicted octanol–water partition coefficient (Wildman–Crippen LogP) is 4.53. The first-order valence-electron chi connectivity index (χ1n) is 7.56. The standard InChI is InChI=1S/C20H19BrO3/c1-13-7-5-4-6-8-19(22)14(2)17(20(13)23)11-15-9-10-16(24-3)12-18(15)21/h4-7,9-10,12H,1,8,11H2,2-3H3/b6-4-,7-5-,17-14-. The van der Waals surface area contributed by atoms with Crippen LogP contribution in [0, 0.1) is 0 Å². The maximum atomic E-state index is 12.7. The molecule has 124 valence electrons. The van der Waals surface area contributed by atoms with Crippen LogP contribution in [-0.4, -0.2) is 18.7 Å². The Balaban J connectivity index is 2.46. The molecule has 3 nitrogen and oxygen atoms in total. The molecule has 1 aromatic carbocycles. The first-order chi connectivity index (χ1) is 11.4. The Labute approximate surface area is 150 Å². The summed E-state index contributed by atoms with van der Waals surface area (Å²) >= 11 is 3.50. The van der Waals surface area contributed by atoms with Crippen molar-refractivity contribution in [3.05, 3.63) is 75.8 Å². The minimum absolute atomic E-state index is 0.0534. The summed E-state index contributed by atoms with van der Waals surface area (Å²) < 4.78 is 6.02. The van der Waals surface area contributed by atoms with E-state index in [1.54, 1.807) is 38.3 Å². The zero-order valence-electron chi connectivity index (χ0n) is 13.8. The summed E-state index contributed by atoms with van der Waals surface area (Å²) in [5, 5.41) is 0. The van der Waals surface area contributed by atoms with Crippen LogP contribution in [0.15, 0.2) is 70.3 Å². The summed E-state index contributed by atoms with van der Waals surface area (Å²) in [6, 6.07) is 5.56. The molecule has 0 atom stereocenters. The van der Waals surface area contributed by atoms with E-state index < -0.39 is 0 Å². The minimum Gasteiger partial charge on any atom is -0.497 e. The van der Waals surface area contributed by atoms with Crippen molar-refractivity contribution in [1.82, 2.24) is 0 Å². The average molecular weight is 387 g/mol. The fourth-order valence-corrected chi connectivity index (χ4v) is 2.89. The third kappa shape index (κ3) is 4.20. The van der Waals surface area contributed by atoms with Crippen LogP contribution in [0.25, 0.3) is 0 Å². The van der Waals surface area contributed by atoms with Crippen molar-refractivity contribution in [2.75, 3.05) is 7.11 Å². The lowest BCUT2D eigenvalue weighted by Gasteiger charge is -2.13. The van der Waals surface area contributed by atoms with E-state index in [1.807, 2.05) is 18.2 Å². The Hall–Kier alpha value is -2.20. The molecule has 24 heavy (non-hydrogen) atoms. The van der Waals surface area contributed by atoms with E-state index >= 15 is 0 Å². The summed E-state index contributed by atoms with van der Waals surface area (Å²) in [6.07, 6.45) is 7.59. The number of carbonyl (C=O) groups excluding carboxylic acids is 2. The van der Waals surface area contributed by atoms with Gasteiger partial charge >= 0.3 is 0 Å². The Morgan fingerprint density at radius 1 is 1.25 bits per heavy atom. The van der Waals surface area contributed by atoms with Crippen LogP contribution in [0.3, 0.4) is 0 Å². The molecule has 1 aromatic rings. The number of rotatable bonds is 3. The Bertz CT molecular complexity index is 782. The van der Waals surface area contributed by atoms with Gasteiger partial charge in [0, 0.05) is 28.5 Å². The molecule has 2 rings (SSSR count). The molecule has 1 aliphatic rings. The van der Waals surface area contributed by atoms with Crippen molar-refractivity contribution < 1.29 is 14.3 Å². The minimum atomic E-state index is -0.199. The zero-order valence-corrected chi connectivity index (χ0v) is 15.4. The third-order valence-corrected chi connectivity index (χ3v) is 4.65. The largest absolute Gasteiger partial charge is 0.497 e. The maximum Gasteiger partial charge on any atom is 0.189 e. The van der Waals surface area contributed by atoms with E-state index in [2.05, 4.69) is 22.5 Å². The van der Waals surface area contributed by atoms with Gasteiger partial charge in [-0.05, 0) is 30.2 Å². The van der Waals surface area contributed by atoms with E-state index in [1.165, 1.54) is 0 Å². The van der Waals surface area contributed by atoms with Crippen LogP contribution in [-0.2, 0) is 16.0 Å². The number of allylic oxidation sites excluding steroid dienone is 7. The van der Waals surface area contributed by atoms with Crippen molar-refractivity contribution in [2.45, 2.75) is 19.8 Å². The number of hydrogen-bond donors (Lipinski definition) is 0. The molecule has 0 bridgehead atoms. The normalized spacial score (nSPS) is 21.5. The molecule has 0 fully saturated rings. The second-order valence-electron chi connectivity index (χ2n) is 5.51. The van der Waals surface area contributed by atoms with Gasteiger partial charge < -0.3 is 4.74 Å².